The van der Waals surface area contributed by atoms with Gasteiger partial charge in [-0.05, 0) is 30.5 Å². The molecule has 0 amide bonds. The Kier molecular flexibility index (Phi) is 3.90. The highest BCUT2D eigenvalue weighted by Crippen LogP contribution is 2.19. The first-order chi connectivity index (χ1) is 9.11. The van der Waals surface area contributed by atoms with Crippen LogP contribution in [0.4, 0.5) is 0 Å². The number of benzene rings is 1. The van der Waals surface area contributed by atoms with Crippen molar-refractivity contribution >= 4 is 5.97 Å². The van der Waals surface area contributed by atoms with E-state index in [1.807, 2.05) is 12.1 Å². The molecule has 0 unspecified atom stereocenters. The Morgan fingerprint density at radius 3 is 2.42 bits per heavy atom. The first-order valence-electron chi connectivity index (χ1n) is 6.28. The van der Waals surface area contributed by atoms with Crippen LogP contribution in [-0.2, 0) is 6.42 Å². The second-order valence-corrected chi connectivity index (χ2v) is 4.51. The number of hydrogen-bond acceptors (Lipinski definition) is 3. The molecule has 0 radical (unpaired) electrons. The summed E-state index contributed by atoms with van der Waals surface area (Å²) >= 11 is 0. The Bertz CT molecular complexity index is 592. The number of rotatable bonds is 4. The molecule has 0 atom stereocenters. The van der Waals surface area contributed by atoms with Crippen molar-refractivity contribution in [3.8, 4) is 11.3 Å². The van der Waals surface area contributed by atoms with Gasteiger partial charge in [0.05, 0.1) is 5.69 Å². The Hall–Kier alpha value is -2.23. The zero-order valence-corrected chi connectivity index (χ0v) is 11.1. The maximum Gasteiger partial charge on any atom is 0.356 e. The molecule has 0 spiro atoms. The fourth-order valence-electron chi connectivity index (χ4n) is 1.97. The largest absolute Gasteiger partial charge is 0.476 e. The molecule has 2 rings (SSSR count). The summed E-state index contributed by atoms with van der Waals surface area (Å²) < 4.78 is 0. The van der Waals surface area contributed by atoms with Crippen LogP contribution in [0.1, 0.15) is 35.0 Å². The summed E-state index contributed by atoms with van der Waals surface area (Å²) in [5.74, 6) is -1.05. The fraction of sp³-hybridized carbons (Fsp3) is 0.267. The van der Waals surface area contributed by atoms with Crippen LogP contribution in [0, 0.1) is 6.92 Å². The van der Waals surface area contributed by atoms with Gasteiger partial charge < -0.3 is 5.11 Å². The fourth-order valence-corrected chi connectivity index (χ4v) is 1.97. The molecule has 0 aliphatic rings. The Morgan fingerprint density at radius 1 is 1.21 bits per heavy atom. The number of nitrogens with zero attached hydrogens (tertiary/aromatic N) is 2. The lowest BCUT2D eigenvalue weighted by Crippen LogP contribution is -2.05. The third-order valence-electron chi connectivity index (χ3n) is 2.98. The second kappa shape index (κ2) is 5.61. The minimum absolute atomic E-state index is 0.00588. The van der Waals surface area contributed by atoms with Gasteiger partial charge in [0.2, 0.25) is 0 Å². The van der Waals surface area contributed by atoms with Crippen LogP contribution in [0.2, 0.25) is 0 Å². The Labute approximate surface area is 112 Å². The van der Waals surface area contributed by atoms with E-state index in [4.69, 9.17) is 5.11 Å². The standard InChI is InChI=1S/C15H16N2O2/c1-3-4-11-5-7-12(8-6-11)13-9-10(2)14(15(18)19)17-16-13/h5-9H,3-4H2,1-2H3,(H,18,19). The third kappa shape index (κ3) is 2.96. The molecule has 19 heavy (non-hydrogen) atoms. The van der Waals surface area contributed by atoms with E-state index in [0.29, 0.717) is 11.3 Å². The van der Waals surface area contributed by atoms with Gasteiger partial charge in [-0.15, -0.1) is 10.2 Å². The van der Waals surface area contributed by atoms with E-state index in [1.54, 1.807) is 13.0 Å². The van der Waals surface area contributed by atoms with Gasteiger partial charge in [0, 0.05) is 5.56 Å². The van der Waals surface area contributed by atoms with E-state index < -0.39 is 5.97 Å². The van der Waals surface area contributed by atoms with Crippen molar-refractivity contribution in [1.82, 2.24) is 10.2 Å². The highest BCUT2D eigenvalue weighted by atomic mass is 16.4. The van der Waals surface area contributed by atoms with Crippen LogP contribution in [0.5, 0.6) is 0 Å². The lowest BCUT2D eigenvalue weighted by molar-refractivity contribution is 0.0688. The van der Waals surface area contributed by atoms with E-state index in [2.05, 4.69) is 29.3 Å². The molecule has 1 aromatic heterocycles. The van der Waals surface area contributed by atoms with Crippen molar-refractivity contribution < 1.29 is 9.90 Å². The number of aromatic nitrogens is 2. The number of carboxylic acid groups (broad SMARTS) is 1. The summed E-state index contributed by atoms with van der Waals surface area (Å²) in [4.78, 5) is 10.9. The number of carboxylic acids is 1. The number of carbonyl (C=O) groups is 1. The Balaban J connectivity index is 2.31. The minimum Gasteiger partial charge on any atom is -0.476 e. The lowest BCUT2D eigenvalue weighted by atomic mass is 10.0. The third-order valence-corrected chi connectivity index (χ3v) is 2.98. The molecule has 0 saturated carbocycles. The maximum atomic E-state index is 10.9. The summed E-state index contributed by atoms with van der Waals surface area (Å²) in [6.07, 6.45) is 2.18. The number of aryl methyl sites for hydroxylation is 2. The van der Waals surface area contributed by atoms with Gasteiger partial charge in [-0.1, -0.05) is 37.6 Å². The van der Waals surface area contributed by atoms with Crippen LogP contribution >= 0.6 is 0 Å². The van der Waals surface area contributed by atoms with E-state index in [0.717, 1.165) is 18.4 Å². The van der Waals surface area contributed by atoms with E-state index >= 15 is 0 Å². The van der Waals surface area contributed by atoms with Crippen LogP contribution in [0.25, 0.3) is 11.3 Å². The van der Waals surface area contributed by atoms with Crippen molar-refractivity contribution in [1.29, 1.82) is 0 Å². The summed E-state index contributed by atoms with van der Waals surface area (Å²) in [7, 11) is 0. The predicted octanol–water partition coefficient (Wildman–Crippen LogP) is 3.10. The molecular weight excluding hydrogens is 240 g/mol. The minimum atomic E-state index is -1.05. The van der Waals surface area contributed by atoms with Crippen molar-refractivity contribution in [2.24, 2.45) is 0 Å². The number of hydrogen-bond donors (Lipinski definition) is 1. The van der Waals surface area contributed by atoms with Crippen LogP contribution in [-0.4, -0.2) is 21.3 Å². The average Bonchev–Trinajstić information content (AvgIpc) is 2.39. The van der Waals surface area contributed by atoms with Gasteiger partial charge in [-0.3, -0.25) is 0 Å². The first kappa shape index (κ1) is 13.2. The topological polar surface area (TPSA) is 63.1 Å². The molecule has 0 saturated heterocycles. The van der Waals surface area contributed by atoms with E-state index in [9.17, 15) is 4.79 Å². The quantitative estimate of drug-likeness (QED) is 0.913. The molecule has 98 valence electrons. The predicted molar refractivity (Wildman–Crippen MR) is 73.2 cm³/mol. The van der Waals surface area contributed by atoms with Crippen molar-refractivity contribution in [3.63, 3.8) is 0 Å². The van der Waals surface area contributed by atoms with Gasteiger partial charge in [-0.2, -0.15) is 0 Å². The zero-order valence-electron chi connectivity index (χ0n) is 11.1. The summed E-state index contributed by atoms with van der Waals surface area (Å²) in [6, 6.07) is 9.89. The zero-order chi connectivity index (χ0) is 13.8. The SMILES string of the molecule is CCCc1ccc(-c2cc(C)c(C(=O)O)nn2)cc1. The molecular formula is C15H16N2O2. The van der Waals surface area contributed by atoms with Gasteiger partial charge >= 0.3 is 5.97 Å². The van der Waals surface area contributed by atoms with Gasteiger partial charge in [0.1, 0.15) is 0 Å². The normalized spacial score (nSPS) is 10.4. The summed E-state index contributed by atoms with van der Waals surface area (Å²) in [5, 5.41) is 16.7. The van der Waals surface area contributed by atoms with E-state index in [1.165, 1.54) is 5.56 Å². The van der Waals surface area contributed by atoms with Crippen molar-refractivity contribution in [3.05, 3.63) is 47.2 Å². The van der Waals surface area contributed by atoms with Gasteiger partial charge in [0.15, 0.2) is 5.69 Å². The van der Waals surface area contributed by atoms with Crippen LogP contribution < -0.4 is 0 Å². The van der Waals surface area contributed by atoms with Gasteiger partial charge in [0.25, 0.3) is 0 Å². The molecule has 1 heterocycles. The molecule has 0 fully saturated rings. The van der Waals surface area contributed by atoms with Gasteiger partial charge in [-0.25, -0.2) is 4.79 Å². The molecule has 1 aromatic carbocycles. The molecule has 0 aliphatic carbocycles. The summed E-state index contributed by atoms with van der Waals surface area (Å²) in [5.41, 5.74) is 3.57. The maximum absolute atomic E-state index is 10.9. The highest BCUT2D eigenvalue weighted by Gasteiger charge is 2.11. The molecule has 4 heteroatoms. The highest BCUT2D eigenvalue weighted by molar-refractivity contribution is 5.87. The summed E-state index contributed by atoms with van der Waals surface area (Å²) in [6.45, 7) is 3.88. The molecule has 2 aromatic rings. The number of aromatic carboxylic acids is 1. The first-order valence-corrected chi connectivity index (χ1v) is 6.28. The molecule has 4 nitrogen and oxygen atoms in total. The van der Waals surface area contributed by atoms with Crippen molar-refractivity contribution in [2.45, 2.75) is 26.7 Å². The van der Waals surface area contributed by atoms with Crippen LogP contribution in [0.3, 0.4) is 0 Å². The molecule has 0 bridgehead atoms. The average molecular weight is 256 g/mol. The smallest absolute Gasteiger partial charge is 0.356 e. The molecule has 0 aliphatic heterocycles. The lowest BCUT2D eigenvalue weighted by Gasteiger charge is -2.05. The monoisotopic (exact) mass is 256 g/mol. The van der Waals surface area contributed by atoms with Crippen molar-refractivity contribution in [2.75, 3.05) is 0 Å². The second-order valence-electron chi connectivity index (χ2n) is 4.51. The molecule has 1 N–H and O–H groups in total. The Morgan fingerprint density at radius 2 is 1.89 bits per heavy atom. The van der Waals surface area contributed by atoms with Crippen LogP contribution in [0.15, 0.2) is 30.3 Å². The van der Waals surface area contributed by atoms with E-state index in [-0.39, 0.29) is 5.69 Å².